The second kappa shape index (κ2) is 6.44. The Labute approximate surface area is 106 Å². The number of urea groups is 1. The van der Waals surface area contributed by atoms with Gasteiger partial charge in [0.1, 0.15) is 0 Å². The lowest BCUT2D eigenvalue weighted by molar-refractivity contribution is 0.0697. The Hall–Kier alpha value is -2.30. The van der Waals surface area contributed by atoms with Gasteiger partial charge in [0.2, 0.25) is 0 Å². The van der Waals surface area contributed by atoms with Crippen LogP contribution in [0.2, 0.25) is 0 Å². The molecule has 0 radical (unpaired) electrons. The molecule has 2 amide bonds. The summed E-state index contributed by atoms with van der Waals surface area (Å²) < 4.78 is 0. The Kier molecular flexibility index (Phi) is 4.92. The lowest BCUT2D eigenvalue weighted by Gasteiger charge is -2.17. The lowest BCUT2D eigenvalue weighted by atomic mass is 10.1. The van der Waals surface area contributed by atoms with E-state index >= 15 is 0 Å². The summed E-state index contributed by atoms with van der Waals surface area (Å²) in [7, 11) is 1.67. The first-order valence-corrected chi connectivity index (χ1v) is 5.46. The summed E-state index contributed by atoms with van der Waals surface area (Å²) in [6.45, 7) is 4.35. The molecule has 1 rings (SSSR count). The van der Waals surface area contributed by atoms with Gasteiger partial charge in [0.15, 0.2) is 0 Å². The number of hydrogen-bond donors (Lipinski definition) is 2. The minimum atomic E-state index is -0.960. The van der Waals surface area contributed by atoms with Crippen LogP contribution in [0.1, 0.15) is 15.9 Å². The van der Waals surface area contributed by atoms with Crippen molar-refractivity contribution in [3.8, 4) is 0 Å². The fraction of sp³-hybridized carbons (Fsp3) is 0.231. The molecule has 2 N–H and O–H groups in total. The normalized spacial score (nSPS) is 9.61. The van der Waals surface area contributed by atoms with Crippen LogP contribution < -0.4 is 5.32 Å². The van der Waals surface area contributed by atoms with Gasteiger partial charge in [-0.3, -0.25) is 0 Å². The van der Waals surface area contributed by atoms with E-state index in [0.717, 1.165) is 5.56 Å². The van der Waals surface area contributed by atoms with Gasteiger partial charge in [-0.2, -0.15) is 0 Å². The summed E-state index contributed by atoms with van der Waals surface area (Å²) in [4.78, 5) is 23.7. The third-order valence-corrected chi connectivity index (χ3v) is 2.36. The monoisotopic (exact) mass is 248 g/mol. The first kappa shape index (κ1) is 13.8. The topological polar surface area (TPSA) is 69.6 Å². The fourth-order valence-corrected chi connectivity index (χ4v) is 1.39. The number of benzene rings is 1. The van der Waals surface area contributed by atoms with Crippen molar-refractivity contribution >= 4 is 12.0 Å². The number of nitrogens with one attached hydrogen (secondary N) is 1. The molecule has 0 aliphatic heterocycles. The zero-order valence-electron chi connectivity index (χ0n) is 10.2. The maximum atomic E-state index is 11.6. The van der Waals surface area contributed by atoms with Crippen LogP contribution in [0.15, 0.2) is 36.9 Å². The smallest absolute Gasteiger partial charge is 0.335 e. The molecule has 0 unspecified atom stereocenters. The Morgan fingerprint density at radius 1 is 1.39 bits per heavy atom. The highest BCUT2D eigenvalue weighted by Crippen LogP contribution is 2.06. The number of amides is 2. The summed E-state index contributed by atoms with van der Waals surface area (Å²) in [5.74, 6) is -0.960. The van der Waals surface area contributed by atoms with Crippen LogP contribution in [0.5, 0.6) is 0 Å². The van der Waals surface area contributed by atoms with E-state index in [4.69, 9.17) is 5.11 Å². The number of rotatable bonds is 5. The molecule has 18 heavy (non-hydrogen) atoms. The summed E-state index contributed by atoms with van der Waals surface area (Å²) in [5.41, 5.74) is 1.11. The highest BCUT2D eigenvalue weighted by molar-refractivity contribution is 5.87. The number of aromatic carboxylic acids is 1. The van der Waals surface area contributed by atoms with Crippen LogP contribution in [0.25, 0.3) is 0 Å². The van der Waals surface area contributed by atoms with Crippen molar-refractivity contribution in [2.75, 3.05) is 13.6 Å². The highest BCUT2D eigenvalue weighted by Gasteiger charge is 2.08. The number of carboxylic acid groups (broad SMARTS) is 1. The van der Waals surface area contributed by atoms with Crippen molar-refractivity contribution in [2.24, 2.45) is 0 Å². The molecule has 0 aliphatic carbocycles. The Morgan fingerprint density at radius 3 is 2.50 bits per heavy atom. The first-order chi connectivity index (χ1) is 8.54. The van der Waals surface area contributed by atoms with E-state index in [1.807, 2.05) is 0 Å². The van der Waals surface area contributed by atoms with Crippen LogP contribution >= 0.6 is 0 Å². The maximum Gasteiger partial charge on any atom is 0.335 e. The molecule has 1 aromatic carbocycles. The molecule has 0 atom stereocenters. The molecule has 5 nitrogen and oxygen atoms in total. The van der Waals surface area contributed by atoms with Gasteiger partial charge >= 0.3 is 12.0 Å². The van der Waals surface area contributed by atoms with Crippen molar-refractivity contribution < 1.29 is 14.7 Å². The van der Waals surface area contributed by atoms with Crippen LogP contribution in [-0.2, 0) is 6.54 Å². The first-order valence-electron chi connectivity index (χ1n) is 5.46. The van der Waals surface area contributed by atoms with Gasteiger partial charge in [0.05, 0.1) is 5.56 Å². The van der Waals surface area contributed by atoms with Crippen molar-refractivity contribution in [3.63, 3.8) is 0 Å². The number of nitrogens with zero attached hydrogens (tertiary/aromatic N) is 1. The number of carbonyl (C=O) groups is 2. The number of hydrogen-bond acceptors (Lipinski definition) is 2. The van der Waals surface area contributed by atoms with Crippen molar-refractivity contribution in [3.05, 3.63) is 48.0 Å². The fourth-order valence-electron chi connectivity index (χ4n) is 1.39. The van der Waals surface area contributed by atoms with E-state index in [9.17, 15) is 9.59 Å². The zero-order valence-corrected chi connectivity index (χ0v) is 10.2. The summed E-state index contributed by atoms with van der Waals surface area (Å²) in [5, 5.41) is 11.4. The molecule has 0 saturated carbocycles. The number of carbonyl (C=O) groups excluding carboxylic acids is 1. The standard InChI is InChI=1S/C13H16N2O3/c1-3-8-14-13(18)15(2)9-10-4-6-11(7-5-10)12(16)17/h3-7H,1,8-9H2,2H3,(H,14,18)(H,16,17). The van der Waals surface area contributed by atoms with E-state index in [2.05, 4.69) is 11.9 Å². The predicted octanol–water partition coefficient (Wildman–Crippen LogP) is 1.71. The second-order valence-corrected chi connectivity index (χ2v) is 3.83. The second-order valence-electron chi connectivity index (χ2n) is 3.83. The van der Waals surface area contributed by atoms with Crippen molar-refractivity contribution in [1.82, 2.24) is 10.2 Å². The molecule has 96 valence electrons. The average Bonchev–Trinajstić information content (AvgIpc) is 2.36. The lowest BCUT2D eigenvalue weighted by Crippen LogP contribution is -2.36. The van der Waals surface area contributed by atoms with Gasteiger partial charge in [0, 0.05) is 20.1 Å². The van der Waals surface area contributed by atoms with Crippen molar-refractivity contribution in [1.29, 1.82) is 0 Å². The zero-order chi connectivity index (χ0) is 13.5. The average molecular weight is 248 g/mol. The summed E-state index contributed by atoms with van der Waals surface area (Å²) in [6.07, 6.45) is 1.60. The largest absolute Gasteiger partial charge is 0.478 e. The highest BCUT2D eigenvalue weighted by atomic mass is 16.4. The third-order valence-electron chi connectivity index (χ3n) is 2.36. The minimum Gasteiger partial charge on any atom is -0.478 e. The van der Waals surface area contributed by atoms with Gasteiger partial charge in [-0.15, -0.1) is 6.58 Å². The van der Waals surface area contributed by atoms with Gasteiger partial charge in [-0.25, -0.2) is 9.59 Å². The van der Waals surface area contributed by atoms with E-state index in [1.54, 1.807) is 25.3 Å². The van der Waals surface area contributed by atoms with Crippen LogP contribution in [0, 0.1) is 0 Å². The van der Waals surface area contributed by atoms with Crippen LogP contribution in [-0.4, -0.2) is 35.6 Å². The van der Waals surface area contributed by atoms with Crippen molar-refractivity contribution in [2.45, 2.75) is 6.54 Å². The van der Waals surface area contributed by atoms with Gasteiger partial charge in [-0.05, 0) is 17.7 Å². The van der Waals surface area contributed by atoms with Gasteiger partial charge in [-0.1, -0.05) is 18.2 Å². The predicted molar refractivity (Wildman–Crippen MR) is 68.5 cm³/mol. The molecule has 0 aliphatic rings. The molecule has 0 saturated heterocycles. The molecule has 0 bridgehead atoms. The molecule has 5 heteroatoms. The SMILES string of the molecule is C=CCNC(=O)N(C)Cc1ccc(C(=O)O)cc1. The number of carboxylic acids is 1. The Balaban J connectivity index is 2.58. The van der Waals surface area contributed by atoms with Gasteiger partial charge in [0.25, 0.3) is 0 Å². The molecular formula is C13H16N2O3. The van der Waals surface area contributed by atoms with Crippen LogP contribution in [0.3, 0.4) is 0 Å². The van der Waals surface area contributed by atoms with Crippen LogP contribution in [0.4, 0.5) is 4.79 Å². The molecule has 0 spiro atoms. The molecule has 0 aromatic heterocycles. The molecule has 0 heterocycles. The van der Waals surface area contributed by atoms with E-state index in [1.165, 1.54) is 17.0 Å². The Bertz CT molecular complexity index is 440. The van der Waals surface area contributed by atoms with E-state index in [0.29, 0.717) is 13.1 Å². The quantitative estimate of drug-likeness (QED) is 0.779. The van der Waals surface area contributed by atoms with E-state index < -0.39 is 5.97 Å². The molecule has 0 fully saturated rings. The minimum absolute atomic E-state index is 0.197. The summed E-state index contributed by atoms with van der Waals surface area (Å²) in [6, 6.07) is 6.24. The Morgan fingerprint density at radius 2 is 2.00 bits per heavy atom. The third kappa shape index (κ3) is 3.93. The summed E-state index contributed by atoms with van der Waals surface area (Å²) >= 11 is 0. The molecule has 1 aromatic rings. The maximum absolute atomic E-state index is 11.6. The van der Waals surface area contributed by atoms with E-state index in [-0.39, 0.29) is 11.6 Å². The molecular weight excluding hydrogens is 232 g/mol. The van der Waals surface area contributed by atoms with Gasteiger partial charge < -0.3 is 15.3 Å².